The number of nitrogens with one attached hydrogen (secondary N) is 2. The van der Waals surface area contributed by atoms with Crippen LogP contribution in [-0.4, -0.2) is 20.4 Å². The monoisotopic (exact) mass is 338 g/mol. The average molecular weight is 338 g/mol. The molecule has 1 aromatic carbocycles. The Labute approximate surface area is 144 Å². The van der Waals surface area contributed by atoms with Gasteiger partial charge in [0.2, 0.25) is 0 Å². The van der Waals surface area contributed by atoms with Crippen molar-refractivity contribution >= 4 is 23.4 Å². The number of aromatic amines is 1. The van der Waals surface area contributed by atoms with Crippen LogP contribution < -0.4 is 5.32 Å². The van der Waals surface area contributed by atoms with Crippen LogP contribution in [0.4, 0.5) is 5.69 Å². The maximum atomic E-state index is 12.7. The van der Waals surface area contributed by atoms with Gasteiger partial charge in [-0.05, 0) is 48.7 Å². The Morgan fingerprint density at radius 1 is 1.33 bits per heavy atom. The van der Waals surface area contributed by atoms with Gasteiger partial charge in [0.05, 0.1) is 11.3 Å². The molecule has 0 atom stereocenters. The third kappa shape index (κ3) is 2.97. The molecule has 0 unspecified atom stereocenters. The first kappa shape index (κ1) is 15.1. The van der Waals surface area contributed by atoms with E-state index in [1.807, 2.05) is 54.3 Å². The van der Waals surface area contributed by atoms with Crippen LogP contribution >= 0.6 is 11.8 Å². The minimum atomic E-state index is -0.0639. The van der Waals surface area contributed by atoms with Gasteiger partial charge < -0.3 is 14.9 Å². The molecular weight excluding hydrogens is 320 g/mol. The molecular formula is C18H18N4OS. The Bertz CT molecular complexity index is 879. The molecule has 4 rings (SSSR count). The largest absolute Gasteiger partial charge is 0.364 e. The molecule has 1 amide bonds. The van der Waals surface area contributed by atoms with Crippen molar-refractivity contribution in [3.05, 3.63) is 60.2 Å². The fourth-order valence-electron chi connectivity index (χ4n) is 2.69. The van der Waals surface area contributed by atoms with E-state index < -0.39 is 0 Å². The van der Waals surface area contributed by atoms with Crippen LogP contribution in [0, 0.1) is 0 Å². The predicted octanol–water partition coefficient (Wildman–Crippen LogP) is 4.03. The number of hydrogen-bond donors (Lipinski definition) is 2. The van der Waals surface area contributed by atoms with E-state index in [1.165, 1.54) is 11.8 Å². The van der Waals surface area contributed by atoms with Gasteiger partial charge in [-0.1, -0.05) is 12.1 Å². The summed E-state index contributed by atoms with van der Waals surface area (Å²) in [4.78, 5) is 21.2. The smallest absolute Gasteiger partial charge is 0.257 e. The van der Waals surface area contributed by atoms with Crippen molar-refractivity contribution in [2.75, 3.05) is 5.32 Å². The van der Waals surface area contributed by atoms with Crippen LogP contribution in [0.15, 0.2) is 59.0 Å². The molecule has 0 saturated heterocycles. The number of para-hydroxylation sites is 1. The van der Waals surface area contributed by atoms with Crippen molar-refractivity contribution in [3.63, 3.8) is 0 Å². The number of benzene rings is 1. The number of aromatic nitrogens is 3. The van der Waals surface area contributed by atoms with Gasteiger partial charge in [-0.2, -0.15) is 0 Å². The van der Waals surface area contributed by atoms with Crippen LogP contribution in [0.1, 0.15) is 34.8 Å². The van der Waals surface area contributed by atoms with Gasteiger partial charge in [0.1, 0.15) is 0 Å². The number of H-pyrrole nitrogens is 1. The van der Waals surface area contributed by atoms with Crippen LogP contribution in [0.3, 0.4) is 0 Å². The zero-order chi connectivity index (χ0) is 16.5. The summed E-state index contributed by atoms with van der Waals surface area (Å²) >= 11 is 1.54. The number of amides is 1. The Kier molecular flexibility index (Phi) is 3.90. The molecule has 3 aromatic rings. The van der Waals surface area contributed by atoms with Crippen LogP contribution in [-0.2, 0) is 7.05 Å². The third-order valence-electron chi connectivity index (χ3n) is 4.12. The maximum absolute atomic E-state index is 12.7. The van der Waals surface area contributed by atoms with Gasteiger partial charge in [0.15, 0.2) is 5.16 Å². The fourth-order valence-corrected chi connectivity index (χ4v) is 3.58. The van der Waals surface area contributed by atoms with Crippen molar-refractivity contribution in [1.29, 1.82) is 0 Å². The number of anilines is 1. The van der Waals surface area contributed by atoms with E-state index in [-0.39, 0.29) is 5.91 Å². The van der Waals surface area contributed by atoms with Gasteiger partial charge in [-0.15, -0.1) is 0 Å². The van der Waals surface area contributed by atoms with E-state index in [2.05, 4.69) is 15.3 Å². The Morgan fingerprint density at radius 3 is 2.92 bits per heavy atom. The topological polar surface area (TPSA) is 62.7 Å². The minimum absolute atomic E-state index is 0.0639. The second-order valence-electron chi connectivity index (χ2n) is 5.95. The molecule has 1 aliphatic rings. The molecule has 1 aliphatic carbocycles. The zero-order valence-electron chi connectivity index (χ0n) is 13.3. The number of imidazole rings is 1. The Morgan fingerprint density at radius 2 is 2.17 bits per heavy atom. The molecule has 24 heavy (non-hydrogen) atoms. The minimum Gasteiger partial charge on any atom is -0.364 e. The Balaban J connectivity index is 1.57. The molecule has 0 bridgehead atoms. The molecule has 6 heteroatoms. The van der Waals surface area contributed by atoms with Crippen molar-refractivity contribution in [3.8, 4) is 0 Å². The number of carbonyl (C=O) groups is 1. The highest BCUT2D eigenvalue weighted by atomic mass is 32.2. The number of carbonyl (C=O) groups excluding carboxylic acids is 1. The molecule has 0 aliphatic heterocycles. The number of aryl methyl sites for hydroxylation is 1. The molecule has 2 heterocycles. The molecule has 1 fully saturated rings. The van der Waals surface area contributed by atoms with Crippen LogP contribution in [0.2, 0.25) is 0 Å². The van der Waals surface area contributed by atoms with Gasteiger partial charge in [-0.25, -0.2) is 4.98 Å². The van der Waals surface area contributed by atoms with E-state index in [9.17, 15) is 4.79 Å². The first-order chi connectivity index (χ1) is 11.7. The van der Waals surface area contributed by atoms with Gasteiger partial charge >= 0.3 is 0 Å². The lowest BCUT2D eigenvalue weighted by Crippen LogP contribution is -2.13. The third-order valence-corrected chi connectivity index (χ3v) is 5.27. The molecule has 1 saturated carbocycles. The summed E-state index contributed by atoms with van der Waals surface area (Å²) in [6.07, 6.45) is 7.84. The predicted molar refractivity (Wildman–Crippen MR) is 94.5 cm³/mol. The summed E-state index contributed by atoms with van der Waals surface area (Å²) < 4.78 is 1.96. The molecule has 2 N–H and O–H groups in total. The lowest BCUT2D eigenvalue weighted by atomic mass is 10.1. The lowest BCUT2D eigenvalue weighted by Gasteiger charge is -2.11. The van der Waals surface area contributed by atoms with Crippen LogP contribution in [0.25, 0.3) is 0 Å². The van der Waals surface area contributed by atoms with Gasteiger partial charge in [0, 0.05) is 36.2 Å². The van der Waals surface area contributed by atoms with E-state index in [0.717, 1.165) is 39.8 Å². The fraction of sp³-hybridized carbons (Fsp3) is 0.222. The summed E-state index contributed by atoms with van der Waals surface area (Å²) in [7, 11) is 1.96. The number of hydrogen-bond acceptors (Lipinski definition) is 3. The summed E-state index contributed by atoms with van der Waals surface area (Å²) in [6.45, 7) is 0. The molecule has 0 spiro atoms. The second-order valence-corrected chi connectivity index (χ2v) is 6.96. The number of rotatable bonds is 5. The summed E-state index contributed by atoms with van der Waals surface area (Å²) in [5.74, 6) is 0.448. The van der Waals surface area contributed by atoms with E-state index in [0.29, 0.717) is 5.92 Å². The normalized spacial score (nSPS) is 13.9. The molecule has 5 nitrogen and oxygen atoms in total. The summed E-state index contributed by atoms with van der Waals surface area (Å²) in [5.41, 5.74) is 2.61. The van der Waals surface area contributed by atoms with Crippen molar-refractivity contribution in [1.82, 2.24) is 14.5 Å². The molecule has 0 radical (unpaired) electrons. The van der Waals surface area contributed by atoms with Crippen molar-refractivity contribution in [2.45, 2.75) is 28.8 Å². The molecule has 2 aromatic heterocycles. The van der Waals surface area contributed by atoms with Crippen molar-refractivity contribution in [2.24, 2.45) is 7.05 Å². The quantitative estimate of drug-likeness (QED) is 0.738. The SMILES string of the molecule is Cn1ccnc1Sc1ccccc1NC(=O)c1cc[nH]c1C1CC1. The van der Waals surface area contributed by atoms with E-state index >= 15 is 0 Å². The highest BCUT2D eigenvalue weighted by Gasteiger charge is 2.29. The molecule has 122 valence electrons. The van der Waals surface area contributed by atoms with Gasteiger partial charge in [0.25, 0.3) is 5.91 Å². The highest BCUT2D eigenvalue weighted by molar-refractivity contribution is 7.99. The first-order valence-corrected chi connectivity index (χ1v) is 8.77. The standard InChI is InChI=1S/C18H18N4OS/c1-22-11-10-20-18(22)24-15-5-3-2-4-14(15)21-17(23)13-8-9-19-16(13)12-6-7-12/h2-5,8-12,19H,6-7H2,1H3,(H,21,23). The first-order valence-electron chi connectivity index (χ1n) is 7.95. The highest BCUT2D eigenvalue weighted by Crippen LogP contribution is 2.41. The van der Waals surface area contributed by atoms with E-state index in [1.54, 1.807) is 6.20 Å². The van der Waals surface area contributed by atoms with Gasteiger partial charge in [-0.3, -0.25) is 4.79 Å². The second kappa shape index (κ2) is 6.20. The lowest BCUT2D eigenvalue weighted by molar-refractivity contribution is 0.102. The maximum Gasteiger partial charge on any atom is 0.257 e. The average Bonchev–Trinajstić information content (AvgIpc) is 3.17. The number of nitrogens with zero attached hydrogens (tertiary/aromatic N) is 2. The van der Waals surface area contributed by atoms with E-state index in [4.69, 9.17) is 0 Å². The van der Waals surface area contributed by atoms with Crippen molar-refractivity contribution < 1.29 is 4.79 Å². The summed E-state index contributed by atoms with van der Waals surface area (Å²) in [5, 5.41) is 3.94. The zero-order valence-corrected chi connectivity index (χ0v) is 14.1. The summed E-state index contributed by atoms with van der Waals surface area (Å²) in [6, 6.07) is 9.67. The Hall–Kier alpha value is -2.47. The van der Waals surface area contributed by atoms with Crippen LogP contribution in [0.5, 0.6) is 0 Å².